The van der Waals surface area contributed by atoms with Crippen LogP contribution in [0.15, 0.2) is 0 Å². The second-order valence-electron chi connectivity index (χ2n) is 7.32. The number of rotatable bonds is 2. The van der Waals surface area contributed by atoms with Crippen LogP contribution in [0, 0.1) is 17.3 Å². The molecule has 5 unspecified atom stereocenters. The van der Waals surface area contributed by atoms with Gasteiger partial charge in [-0.1, -0.05) is 20.8 Å². The minimum atomic E-state index is -0.0292. The van der Waals surface area contributed by atoms with Gasteiger partial charge in [0, 0.05) is 24.6 Å². The molecule has 3 N–H and O–H groups in total. The van der Waals surface area contributed by atoms with Crippen LogP contribution < -0.4 is 11.1 Å². The number of carbonyl (C=O) groups excluding carboxylic acids is 1. The number of carbonyl (C=O) groups is 1. The predicted octanol–water partition coefficient (Wildman–Crippen LogP) is 2.07. The largest absolute Gasteiger partial charge is 0.378 e. The van der Waals surface area contributed by atoms with Gasteiger partial charge in [0.15, 0.2) is 0 Å². The fraction of sp³-hybridized carbons (Fsp3) is 0.938. The SMILES string of the molecule is CC1CC(NC(=O)C2CCC(N)C(C)C2(C)C)CCO1. The maximum atomic E-state index is 12.6. The molecule has 1 saturated heterocycles. The van der Waals surface area contributed by atoms with Gasteiger partial charge in [-0.3, -0.25) is 4.79 Å². The average molecular weight is 282 g/mol. The van der Waals surface area contributed by atoms with Crippen molar-refractivity contribution in [2.24, 2.45) is 23.0 Å². The van der Waals surface area contributed by atoms with E-state index in [0.717, 1.165) is 32.3 Å². The van der Waals surface area contributed by atoms with Gasteiger partial charge in [-0.15, -0.1) is 0 Å². The molecule has 2 rings (SSSR count). The lowest BCUT2D eigenvalue weighted by Crippen LogP contribution is -2.53. The molecule has 1 aliphatic heterocycles. The highest BCUT2D eigenvalue weighted by Gasteiger charge is 2.45. The van der Waals surface area contributed by atoms with Crippen LogP contribution in [0.1, 0.15) is 53.4 Å². The third-order valence-electron chi connectivity index (χ3n) is 5.65. The molecule has 116 valence electrons. The van der Waals surface area contributed by atoms with Gasteiger partial charge in [-0.05, 0) is 43.9 Å². The quantitative estimate of drug-likeness (QED) is 0.815. The zero-order chi connectivity index (χ0) is 14.9. The molecule has 1 heterocycles. The first-order chi connectivity index (χ1) is 9.32. The second-order valence-corrected chi connectivity index (χ2v) is 7.32. The Hall–Kier alpha value is -0.610. The maximum absolute atomic E-state index is 12.6. The summed E-state index contributed by atoms with van der Waals surface area (Å²) >= 11 is 0. The van der Waals surface area contributed by atoms with E-state index in [4.69, 9.17) is 10.5 Å². The van der Waals surface area contributed by atoms with Gasteiger partial charge in [0.2, 0.25) is 5.91 Å². The number of hydrogen-bond acceptors (Lipinski definition) is 3. The van der Waals surface area contributed by atoms with Gasteiger partial charge in [0.25, 0.3) is 0 Å². The van der Waals surface area contributed by atoms with Crippen LogP contribution in [-0.2, 0) is 9.53 Å². The van der Waals surface area contributed by atoms with Crippen molar-refractivity contribution < 1.29 is 9.53 Å². The summed E-state index contributed by atoms with van der Waals surface area (Å²) in [5, 5.41) is 3.25. The normalized spacial score (nSPS) is 41.1. The van der Waals surface area contributed by atoms with E-state index >= 15 is 0 Å². The minimum absolute atomic E-state index is 0.0292. The lowest BCUT2D eigenvalue weighted by atomic mass is 9.61. The van der Waals surface area contributed by atoms with Gasteiger partial charge < -0.3 is 15.8 Å². The van der Waals surface area contributed by atoms with E-state index in [0.29, 0.717) is 5.92 Å². The van der Waals surface area contributed by atoms with Gasteiger partial charge in [0.05, 0.1) is 6.10 Å². The first-order valence-electron chi connectivity index (χ1n) is 8.00. The first kappa shape index (κ1) is 15.8. The van der Waals surface area contributed by atoms with Crippen LogP contribution in [0.4, 0.5) is 0 Å². The summed E-state index contributed by atoms with van der Waals surface area (Å²) in [6.07, 6.45) is 3.96. The lowest BCUT2D eigenvalue weighted by Gasteiger charge is -2.46. The van der Waals surface area contributed by atoms with Gasteiger partial charge >= 0.3 is 0 Å². The standard InChI is InChI=1S/C16H30N2O2/c1-10-9-12(7-8-20-10)18-15(19)13-5-6-14(17)11(2)16(13,3)4/h10-14H,5-9,17H2,1-4H3,(H,18,19). The molecule has 0 spiro atoms. The number of nitrogens with two attached hydrogens (primary N) is 1. The van der Waals surface area contributed by atoms with Crippen molar-refractivity contribution >= 4 is 5.91 Å². The maximum Gasteiger partial charge on any atom is 0.223 e. The van der Waals surface area contributed by atoms with Crippen LogP contribution >= 0.6 is 0 Å². The molecule has 5 atom stereocenters. The molecule has 0 aromatic heterocycles. The third kappa shape index (κ3) is 3.17. The fourth-order valence-electron chi connectivity index (χ4n) is 3.75. The summed E-state index contributed by atoms with van der Waals surface area (Å²) in [5.41, 5.74) is 6.14. The Kier molecular flexibility index (Phi) is 4.75. The number of nitrogens with one attached hydrogen (secondary N) is 1. The summed E-state index contributed by atoms with van der Waals surface area (Å²) in [5.74, 6) is 0.670. The van der Waals surface area contributed by atoms with Crippen molar-refractivity contribution in [3.8, 4) is 0 Å². The van der Waals surface area contributed by atoms with Crippen molar-refractivity contribution in [3.63, 3.8) is 0 Å². The summed E-state index contributed by atoms with van der Waals surface area (Å²) < 4.78 is 5.54. The zero-order valence-electron chi connectivity index (χ0n) is 13.3. The number of amides is 1. The summed E-state index contributed by atoms with van der Waals surface area (Å²) in [7, 11) is 0. The molecular weight excluding hydrogens is 252 g/mol. The highest BCUT2D eigenvalue weighted by molar-refractivity contribution is 5.80. The predicted molar refractivity (Wildman–Crippen MR) is 80.2 cm³/mol. The highest BCUT2D eigenvalue weighted by Crippen LogP contribution is 2.44. The zero-order valence-corrected chi connectivity index (χ0v) is 13.3. The van der Waals surface area contributed by atoms with Crippen LogP contribution in [0.25, 0.3) is 0 Å². The van der Waals surface area contributed by atoms with E-state index in [1.54, 1.807) is 0 Å². The molecule has 4 nitrogen and oxygen atoms in total. The highest BCUT2D eigenvalue weighted by atomic mass is 16.5. The van der Waals surface area contributed by atoms with Crippen LogP contribution in [0.3, 0.4) is 0 Å². The molecule has 4 heteroatoms. The Balaban J connectivity index is 1.98. The van der Waals surface area contributed by atoms with Crippen LogP contribution in [0.2, 0.25) is 0 Å². The van der Waals surface area contributed by atoms with Gasteiger partial charge in [-0.25, -0.2) is 0 Å². The Morgan fingerprint density at radius 2 is 1.95 bits per heavy atom. The molecule has 1 amide bonds. The van der Waals surface area contributed by atoms with Crippen LogP contribution in [0.5, 0.6) is 0 Å². The Labute approximate surface area is 122 Å². The van der Waals surface area contributed by atoms with E-state index < -0.39 is 0 Å². The van der Waals surface area contributed by atoms with Gasteiger partial charge in [0.1, 0.15) is 0 Å². The average Bonchev–Trinajstić information content (AvgIpc) is 2.36. The van der Waals surface area contributed by atoms with Gasteiger partial charge in [-0.2, -0.15) is 0 Å². The number of ether oxygens (including phenoxy) is 1. The Morgan fingerprint density at radius 3 is 2.60 bits per heavy atom. The second kappa shape index (κ2) is 6.02. The summed E-state index contributed by atoms with van der Waals surface area (Å²) in [6, 6.07) is 0.491. The van der Waals surface area contributed by atoms with Crippen molar-refractivity contribution in [1.29, 1.82) is 0 Å². The molecule has 1 saturated carbocycles. The number of hydrogen-bond donors (Lipinski definition) is 2. The molecule has 0 radical (unpaired) electrons. The summed E-state index contributed by atoms with van der Waals surface area (Å²) in [4.78, 5) is 12.6. The molecular formula is C16H30N2O2. The molecule has 0 aromatic rings. The molecule has 0 aromatic carbocycles. The van der Waals surface area contributed by atoms with E-state index in [1.165, 1.54) is 0 Å². The minimum Gasteiger partial charge on any atom is -0.378 e. The molecule has 20 heavy (non-hydrogen) atoms. The summed E-state index contributed by atoms with van der Waals surface area (Å²) in [6.45, 7) is 9.38. The van der Waals surface area contributed by atoms with E-state index in [-0.39, 0.29) is 35.4 Å². The fourth-order valence-corrected chi connectivity index (χ4v) is 3.75. The molecule has 1 aliphatic carbocycles. The van der Waals surface area contributed by atoms with Crippen molar-refractivity contribution in [3.05, 3.63) is 0 Å². The van der Waals surface area contributed by atoms with Crippen molar-refractivity contribution in [2.45, 2.75) is 71.6 Å². The monoisotopic (exact) mass is 282 g/mol. The Morgan fingerprint density at radius 1 is 1.25 bits per heavy atom. The molecule has 0 bridgehead atoms. The molecule has 2 aliphatic rings. The van der Waals surface area contributed by atoms with Crippen molar-refractivity contribution in [2.75, 3.05) is 6.61 Å². The van der Waals surface area contributed by atoms with E-state index in [9.17, 15) is 4.79 Å². The van der Waals surface area contributed by atoms with E-state index in [2.05, 4.69) is 33.0 Å². The van der Waals surface area contributed by atoms with E-state index in [1.807, 2.05) is 0 Å². The smallest absolute Gasteiger partial charge is 0.223 e. The van der Waals surface area contributed by atoms with Crippen LogP contribution in [-0.4, -0.2) is 30.7 Å². The lowest BCUT2D eigenvalue weighted by molar-refractivity contribution is -0.134. The molecule has 2 fully saturated rings. The van der Waals surface area contributed by atoms with Crippen molar-refractivity contribution in [1.82, 2.24) is 5.32 Å². The third-order valence-corrected chi connectivity index (χ3v) is 5.65. The first-order valence-corrected chi connectivity index (χ1v) is 8.00. The Bertz CT molecular complexity index is 356. The topological polar surface area (TPSA) is 64.4 Å².